The molecule has 0 radical (unpaired) electrons. The number of nitrogens with zero attached hydrogens (tertiary/aromatic N) is 1. The van der Waals surface area contributed by atoms with Crippen molar-refractivity contribution >= 4 is 48.1 Å². The zero-order valence-electron chi connectivity index (χ0n) is 15.9. The molecule has 4 rings (SSSR count). The molecule has 3 aromatic carbocycles. The summed E-state index contributed by atoms with van der Waals surface area (Å²) in [5.74, 6) is 1.49. The van der Waals surface area contributed by atoms with E-state index >= 15 is 0 Å². The van der Waals surface area contributed by atoms with Gasteiger partial charge in [-0.15, -0.1) is 0 Å². The van der Waals surface area contributed by atoms with E-state index in [9.17, 15) is 4.79 Å². The van der Waals surface area contributed by atoms with E-state index in [0.29, 0.717) is 5.02 Å². The van der Waals surface area contributed by atoms with Crippen LogP contribution in [0.1, 0.15) is 11.1 Å². The Morgan fingerprint density at radius 2 is 1.52 bits per heavy atom. The van der Waals surface area contributed by atoms with Gasteiger partial charge in [0.15, 0.2) is 0 Å². The van der Waals surface area contributed by atoms with Gasteiger partial charge in [-0.1, -0.05) is 0 Å². The van der Waals surface area contributed by atoms with Crippen molar-refractivity contribution in [3.05, 3.63) is 87.2 Å². The van der Waals surface area contributed by atoms with Gasteiger partial charge >= 0.3 is 180 Å². The molecule has 0 amide bonds. The monoisotopic (exact) mass is 471 g/mol. The van der Waals surface area contributed by atoms with Crippen molar-refractivity contribution in [3.8, 4) is 17.2 Å². The second-order valence-corrected chi connectivity index (χ2v) is 8.91. The number of benzene rings is 3. The zero-order valence-corrected chi connectivity index (χ0v) is 18.4. The number of rotatable bonds is 5. The Balaban J connectivity index is 1.61. The van der Waals surface area contributed by atoms with Crippen LogP contribution < -0.4 is 15.0 Å². The molecule has 29 heavy (non-hydrogen) atoms. The van der Waals surface area contributed by atoms with Gasteiger partial charge < -0.3 is 0 Å². The van der Waals surface area contributed by atoms with Crippen molar-refractivity contribution in [1.82, 2.24) is 3.56 Å². The molecule has 0 unspecified atom stereocenters. The summed E-state index contributed by atoms with van der Waals surface area (Å²) in [6, 6.07) is 19.1. The molecule has 1 aromatic heterocycles. The van der Waals surface area contributed by atoms with Crippen LogP contribution in [-0.2, 0) is 0 Å². The van der Waals surface area contributed by atoms with E-state index in [2.05, 4.69) is 0 Å². The standard InChI is InChI=1S/C23H18ClNO3Se/c1-27-19-11-16(12-20(14-19)28-2)4-3-15-5-8-18(9-6-15)25-23(26)21-10-7-17(24)13-22(21)29-25/h3-14H,1-2H3/b4-3+. The van der Waals surface area contributed by atoms with E-state index in [1.165, 1.54) is 0 Å². The number of methoxy groups -OCH3 is 2. The Morgan fingerprint density at radius 1 is 0.862 bits per heavy atom. The maximum atomic E-state index is 12.7. The van der Waals surface area contributed by atoms with E-state index in [-0.39, 0.29) is 20.3 Å². The molecular formula is C23H18ClNO3Se. The van der Waals surface area contributed by atoms with Crippen molar-refractivity contribution in [2.75, 3.05) is 14.2 Å². The third-order valence-corrected chi connectivity index (χ3v) is 7.05. The first-order valence-electron chi connectivity index (χ1n) is 8.90. The number of fused-ring (bicyclic) bond motifs is 1. The number of aromatic nitrogens is 1. The van der Waals surface area contributed by atoms with Crippen LogP contribution in [0.25, 0.3) is 27.5 Å². The van der Waals surface area contributed by atoms with Crippen molar-refractivity contribution in [2.45, 2.75) is 0 Å². The van der Waals surface area contributed by atoms with Gasteiger partial charge in [0, 0.05) is 0 Å². The van der Waals surface area contributed by atoms with Crippen LogP contribution in [0, 0.1) is 0 Å². The third-order valence-electron chi connectivity index (χ3n) is 4.52. The van der Waals surface area contributed by atoms with Gasteiger partial charge in [-0.25, -0.2) is 0 Å². The Kier molecular flexibility index (Phi) is 5.63. The topological polar surface area (TPSA) is 40.5 Å². The predicted octanol–water partition coefficient (Wildman–Crippen LogP) is 4.89. The fourth-order valence-electron chi connectivity index (χ4n) is 3.01. The van der Waals surface area contributed by atoms with Gasteiger partial charge in [-0.2, -0.15) is 0 Å². The zero-order chi connectivity index (χ0) is 20.4. The molecule has 0 N–H and O–H groups in total. The first kappa shape index (κ1) is 19.6. The van der Waals surface area contributed by atoms with Gasteiger partial charge in [0.2, 0.25) is 0 Å². The fraction of sp³-hybridized carbons (Fsp3) is 0.0870. The SMILES string of the molecule is COc1cc(/C=C/c2ccc(-n3[se]c4cc(Cl)ccc4c3=O)cc2)cc(OC)c1. The second kappa shape index (κ2) is 8.34. The average Bonchev–Trinajstić information content (AvgIpc) is 3.07. The van der Waals surface area contributed by atoms with E-state index < -0.39 is 0 Å². The van der Waals surface area contributed by atoms with E-state index in [1.54, 1.807) is 26.4 Å². The van der Waals surface area contributed by atoms with Crippen LogP contribution in [0.15, 0.2) is 65.5 Å². The molecule has 4 nitrogen and oxygen atoms in total. The Hall–Kier alpha value is -2.72. The van der Waals surface area contributed by atoms with Crippen LogP contribution >= 0.6 is 11.6 Å². The molecule has 0 aliphatic carbocycles. The van der Waals surface area contributed by atoms with E-state index in [4.69, 9.17) is 21.1 Å². The molecule has 146 valence electrons. The summed E-state index contributed by atoms with van der Waals surface area (Å²) in [7, 11) is 3.27. The molecule has 4 aromatic rings. The summed E-state index contributed by atoms with van der Waals surface area (Å²) < 4.78 is 13.5. The first-order valence-corrected chi connectivity index (χ1v) is 10.9. The summed E-state index contributed by atoms with van der Waals surface area (Å²) in [6.07, 6.45) is 4.02. The summed E-state index contributed by atoms with van der Waals surface area (Å²) in [6.45, 7) is 0. The van der Waals surface area contributed by atoms with E-state index in [0.717, 1.165) is 38.0 Å². The van der Waals surface area contributed by atoms with Crippen molar-refractivity contribution in [2.24, 2.45) is 0 Å². The normalized spacial score (nSPS) is 11.3. The molecule has 0 atom stereocenters. The maximum absolute atomic E-state index is 12.7. The molecule has 0 aliphatic heterocycles. The Morgan fingerprint density at radius 3 is 2.17 bits per heavy atom. The second-order valence-electron chi connectivity index (χ2n) is 6.40. The third kappa shape index (κ3) is 4.18. The molecule has 0 saturated carbocycles. The van der Waals surface area contributed by atoms with Gasteiger partial charge in [-0.05, 0) is 0 Å². The van der Waals surface area contributed by atoms with Crippen molar-refractivity contribution < 1.29 is 9.47 Å². The van der Waals surface area contributed by atoms with Crippen LogP contribution in [0.5, 0.6) is 11.5 Å². The summed E-state index contributed by atoms with van der Waals surface area (Å²) >= 11 is 5.96. The van der Waals surface area contributed by atoms with Crippen LogP contribution in [-0.4, -0.2) is 32.5 Å². The molecule has 6 heteroatoms. The Bertz CT molecular complexity index is 1230. The number of hydrogen-bond acceptors (Lipinski definition) is 3. The van der Waals surface area contributed by atoms with Gasteiger partial charge in [0.25, 0.3) is 0 Å². The summed E-state index contributed by atoms with van der Waals surface area (Å²) in [5, 5.41) is 1.40. The van der Waals surface area contributed by atoms with Crippen molar-refractivity contribution in [1.29, 1.82) is 0 Å². The quantitative estimate of drug-likeness (QED) is 0.308. The Labute approximate surface area is 179 Å². The van der Waals surface area contributed by atoms with Crippen molar-refractivity contribution in [3.63, 3.8) is 0 Å². The minimum absolute atomic E-state index is 0.0310. The van der Waals surface area contributed by atoms with E-state index in [1.807, 2.05) is 64.2 Å². The van der Waals surface area contributed by atoms with Crippen LogP contribution in [0.3, 0.4) is 0 Å². The molecular weight excluding hydrogens is 453 g/mol. The van der Waals surface area contributed by atoms with Gasteiger partial charge in [0.05, 0.1) is 0 Å². The summed E-state index contributed by atoms with van der Waals surface area (Å²) in [5.41, 5.74) is 2.94. The molecule has 0 bridgehead atoms. The number of halogens is 1. The van der Waals surface area contributed by atoms with Gasteiger partial charge in [-0.3, -0.25) is 0 Å². The predicted molar refractivity (Wildman–Crippen MR) is 120 cm³/mol. The molecule has 0 fully saturated rings. The molecule has 0 saturated heterocycles. The van der Waals surface area contributed by atoms with Crippen LogP contribution in [0.2, 0.25) is 5.02 Å². The minimum atomic E-state index is -0.105. The molecule has 0 spiro atoms. The first-order chi connectivity index (χ1) is 14.1. The summed E-state index contributed by atoms with van der Waals surface area (Å²) in [4.78, 5) is 12.7. The molecule has 0 aliphatic rings. The fourth-order valence-corrected chi connectivity index (χ4v) is 5.50. The average molecular weight is 471 g/mol. The molecule has 1 heterocycles. The number of hydrogen-bond donors (Lipinski definition) is 0. The van der Waals surface area contributed by atoms with Crippen LogP contribution in [0.4, 0.5) is 0 Å². The number of ether oxygens (including phenoxy) is 2. The van der Waals surface area contributed by atoms with Gasteiger partial charge in [0.1, 0.15) is 0 Å².